The SMILES string of the molecule is NCCc1n[nH]c(=O)n1-c1ccccc1C(F)(F)F. The highest BCUT2D eigenvalue weighted by molar-refractivity contribution is 5.43. The molecule has 5 nitrogen and oxygen atoms in total. The Labute approximate surface area is 105 Å². The van der Waals surface area contributed by atoms with E-state index < -0.39 is 17.4 Å². The van der Waals surface area contributed by atoms with E-state index in [0.29, 0.717) is 0 Å². The lowest BCUT2D eigenvalue weighted by atomic mass is 10.1. The average Bonchev–Trinajstić information content (AvgIpc) is 2.70. The van der Waals surface area contributed by atoms with Crippen molar-refractivity contribution in [3.05, 3.63) is 46.1 Å². The molecule has 0 bridgehead atoms. The maximum absolute atomic E-state index is 12.9. The van der Waals surface area contributed by atoms with Crippen LogP contribution in [0.3, 0.4) is 0 Å². The quantitative estimate of drug-likeness (QED) is 0.877. The van der Waals surface area contributed by atoms with Gasteiger partial charge in [0.15, 0.2) is 0 Å². The van der Waals surface area contributed by atoms with Crippen molar-refractivity contribution >= 4 is 0 Å². The van der Waals surface area contributed by atoms with E-state index in [1.54, 1.807) is 0 Å². The number of nitrogens with one attached hydrogen (secondary N) is 1. The fraction of sp³-hybridized carbons (Fsp3) is 0.273. The predicted octanol–water partition coefficient (Wildman–Crippen LogP) is 1.08. The van der Waals surface area contributed by atoms with Gasteiger partial charge in [-0.2, -0.15) is 18.3 Å². The molecule has 0 aliphatic heterocycles. The molecule has 0 saturated carbocycles. The van der Waals surface area contributed by atoms with E-state index in [1.807, 2.05) is 0 Å². The van der Waals surface area contributed by atoms with Crippen LogP contribution in [-0.2, 0) is 12.6 Å². The summed E-state index contributed by atoms with van der Waals surface area (Å²) >= 11 is 0. The van der Waals surface area contributed by atoms with Crippen molar-refractivity contribution in [3.63, 3.8) is 0 Å². The van der Waals surface area contributed by atoms with Crippen LogP contribution in [0.1, 0.15) is 11.4 Å². The molecule has 0 radical (unpaired) electrons. The van der Waals surface area contributed by atoms with E-state index >= 15 is 0 Å². The van der Waals surface area contributed by atoms with Crippen molar-refractivity contribution in [2.24, 2.45) is 5.73 Å². The number of nitrogens with two attached hydrogens (primary N) is 1. The molecular weight excluding hydrogens is 261 g/mol. The van der Waals surface area contributed by atoms with Crippen molar-refractivity contribution in [2.45, 2.75) is 12.6 Å². The Kier molecular flexibility index (Phi) is 3.43. The number of halogens is 3. The molecule has 0 saturated heterocycles. The van der Waals surface area contributed by atoms with Gasteiger partial charge in [-0.25, -0.2) is 14.5 Å². The minimum atomic E-state index is -4.55. The molecule has 1 aromatic carbocycles. The van der Waals surface area contributed by atoms with E-state index in [2.05, 4.69) is 10.2 Å². The third kappa shape index (κ3) is 2.53. The number of rotatable bonds is 3. The number of aromatic amines is 1. The number of alkyl halides is 3. The van der Waals surface area contributed by atoms with Gasteiger partial charge in [0.05, 0.1) is 11.3 Å². The summed E-state index contributed by atoms with van der Waals surface area (Å²) in [7, 11) is 0. The second kappa shape index (κ2) is 4.88. The van der Waals surface area contributed by atoms with Crippen molar-refractivity contribution in [3.8, 4) is 5.69 Å². The van der Waals surface area contributed by atoms with Gasteiger partial charge in [0, 0.05) is 6.42 Å². The van der Waals surface area contributed by atoms with Gasteiger partial charge in [-0.3, -0.25) is 0 Å². The molecular formula is C11H11F3N4O. The molecule has 3 N–H and O–H groups in total. The molecule has 1 aromatic heterocycles. The normalized spacial score (nSPS) is 11.8. The monoisotopic (exact) mass is 272 g/mol. The van der Waals surface area contributed by atoms with Crippen molar-refractivity contribution in [1.29, 1.82) is 0 Å². The van der Waals surface area contributed by atoms with E-state index in [-0.39, 0.29) is 24.5 Å². The van der Waals surface area contributed by atoms with Crippen molar-refractivity contribution in [2.75, 3.05) is 6.54 Å². The Bertz CT molecular complexity index is 629. The molecule has 2 rings (SSSR count). The summed E-state index contributed by atoms with van der Waals surface area (Å²) in [4.78, 5) is 11.6. The highest BCUT2D eigenvalue weighted by atomic mass is 19.4. The Morgan fingerprint density at radius 3 is 2.63 bits per heavy atom. The molecule has 1 heterocycles. The van der Waals surface area contributed by atoms with Crippen molar-refractivity contribution in [1.82, 2.24) is 14.8 Å². The summed E-state index contributed by atoms with van der Waals surface area (Å²) in [6.07, 6.45) is -4.35. The molecule has 0 aliphatic rings. The first kappa shape index (κ1) is 13.3. The maximum atomic E-state index is 12.9. The first-order chi connectivity index (χ1) is 8.95. The van der Waals surface area contributed by atoms with Crippen LogP contribution in [0.5, 0.6) is 0 Å². The summed E-state index contributed by atoms with van der Waals surface area (Å²) < 4.78 is 39.7. The van der Waals surface area contributed by atoms with E-state index in [1.165, 1.54) is 18.2 Å². The molecule has 2 aromatic rings. The summed E-state index contributed by atoms with van der Waals surface area (Å²) in [5, 5.41) is 5.82. The third-order valence-corrected chi connectivity index (χ3v) is 2.56. The fourth-order valence-electron chi connectivity index (χ4n) is 1.78. The lowest BCUT2D eigenvalue weighted by molar-refractivity contribution is -0.137. The van der Waals surface area contributed by atoms with Gasteiger partial charge in [-0.1, -0.05) is 12.1 Å². The van der Waals surface area contributed by atoms with Crippen LogP contribution in [-0.4, -0.2) is 21.3 Å². The Hall–Kier alpha value is -2.09. The van der Waals surface area contributed by atoms with E-state index in [0.717, 1.165) is 10.6 Å². The number of hydrogen-bond donors (Lipinski definition) is 2. The van der Waals surface area contributed by atoms with Gasteiger partial charge in [-0.05, 0) is 18.7 Å². The molecule has 0 unspecified atom stereocenters. The zero-order chi connectivity index (χ0) is 14.0. The maximum Gasteiger partial charge on any atom is 0.418 e. The van der Waals surface area contributed by atoms with Crippen LogP contribution >= 0.6 is 0 Å². The predicted molar refractivity (Wildman–Crippen MR) is 61.9 cm³/mol. The highest BCUT2D eigenvalue weighted by Crippen LogP contribution is 2.33. The Balaban J connectivity index is 2.66. The Morgan fingerprint density at radius 1 is 1.32 bits per heavy atom. The van der Waals surface area contributed by atoms with Gasteiger partial charge in [0.2, 0.25) is 0 Å². The van der Waals surface area contributed by atoms with E-state index in [4.69, 9.17) is 5.73 Å². The number of aromatic nitrogens is 3. The third-order valence-electron chi connectivity index (χ3n) is 2.56. The standard InChI is InChI=1S/C11H11F3N4O/c12-11(13,14)7-3-1-2-4-8(7)18-9(5-6-15)16-17-10(18)19/h1-4H,5-6,15H2,(H,17,19). The first-order valence-corrected chi connectivity index (χ1v) is 5.48. The molecule has 19 heavy (non-hydrogen) atoms. The molecule has 0 aliphatic carbocycles. The minimum Gasteiger partial charge on any atom is -0.330 e. The average molecular weight is 272 g/mol. The van der Waals surface area contributed by atoms with Gasteiger partial charge >= 0.3 is 11.9 Å². The molecule has 0 fully saturated rings. The van der Waals surface area contributed by atoms with Crippen LogP contribution in [0.2, 0.25) is 0 Å². The highest BCUT2D eigenvalue weighted by Gasteiger charge is 2.34. The Morgan fingerprint density at radius 2 is 2.00 bits per heavy atom. The molecule has 0 atom stereocenters. The van der Waals surface area contributed by atoms with Crippen LogP contribution in [0.15, 0.2) is 29.1 Å². The smallest absolute Gasteiger partial charge is 0.330 e. The number of H-pyrrole nitrogens is 1. The number of hydrogen-bond acceptors (Lipinski definition) is 3. The number of benzene rings is 1. The van der Waals surface area contributed by atoms with Gasteiger partial charge in [-0.15, -0.1) is 0 Å². The van der Waals surface area contributed by atoms with Gasteiger partial charge < -0.3 is 5.73 Å². The summed E-state index contributed by atoms with van der Waals surface area (Å²) in [5.41, 5.74) is 3.48. The zero-order valence-corrected chi connectivity index (χ0v) is 9.74. The minimum absolute atomic E-state index is 0.171. The van der Waals surface area contributed by atoms with Crippen molar-refractivity contribution < 1.29 is 13.2 Å². The summed E-state index contributed by atoms with van der Waals surface area (Å²) in [6.45, 7) is 0.179. The largest absolute Gasteiger partial charge is 0.418 e. The first-order valence-electron chi connectivity index (χ1n) is 5.48. The second-order valence-corrected chi connectivity index (χ2v) is 3.83. The van der Waals surface area contributed by atoms with Gasteiger partial charge in [0.25, 0.3) is 0 Å². The number of nitrogens with zero attached hydrogens (tertiary/aromatic N) is 2. The van der Waals surface area contributed by atoms with Gasteiger partial charge in [0.1, 0.15) is 5.82 Å². The fourth-order valence-corrected chi connectivity index (χ4v) is 1.78. The molecule has 8 heteroatoms. The van der Waals surface area contributed by atoms with Crippen LogP contribution in [0.25, 0.3) is 5.69 Å². The lowest BCUT2D eigenvalue weighted by Crippen LogP contribution is -2.22. The van der Waals surface area contributed by atoms with Crippen LogP contribution in [0, 0.1) is 0 Å². The lowest BCUT2D eigenvalue weighted by Gasteiger charge is -2.13. The van der Waals surface area contributed by atoms with Crippen LogP contribution < -0.4 is 11.4 Å². The number of para-hydroxylation sites is 1. The summed E-state index contributed by atoms with van der Waals surface area (Å²) in [6, 6.07) is 4.83. The topological polar surface area (TPSA) is 76.7 Å². The molecule has 0 amide bonds. The molecule has 102 valence electrons. The summed E-state index contributed by atoms with van der Waals surface area (Å²) in [5.74, 6) is 0.171. The second-order valence-electron chi connectivity index (χ2n) is 3.83. The zero-order valence-electron chi connectivity index (χ0n) is 9.74. The van der Waals surface area contributed by atoms with E-state index in [9.17, 15) is 18.0 Å². The molecule has 0 spiro atoms. The van der Waals surface area contributed by atoms with Crippen LogP contribution in [0.4, 0.5) is 13.2 Å².